The Labute approximate surface area is 167 Å². The molecule has 6 heteroatoms. The Balaban J connectivity index is 1.72. The Kier molecular flexibility index (Phi) is 5.09. The Morgan fingerprint density at radius 2 is 2.00 bits per heavy atom. The minimum absolute atomic E-state index is 0.0547. The number of halogens is 1. The molecule has 4 rings (SSSR count). The van der Waals surface area contributed by atoms with Crippen molar-refractivity contribution in [2.75, 3.05) is 6.61 Å². The van der Waals surface area contributed by atoms with Crippen molar-refractivity contribution in [2.45, 2.75) is 32.2 Å². The van der Waals surface area contributed by atoms with Crippen molar-refractivity contribution in [3.63, 3.8) is 0 Å². The summed E-state index contributed by atoms with van der Waals surface area (Å²) in [6.07, 6.45) is 3.23. The Bertz CT molecular complexity index is 1110. The summed E-state index contributed by atoms with van der Waals surface area (Å²) in [6.45, 7) is 2.78. The van der Waals surface area contributed by atoms with Crippen molar-refractivity contribution in [2.24, 2.45) is 0 Å². The van der Waals surface area contributed by atoms with Gasteiger partial charge in [0, 0.05) is 5.02 Å². The number of amides is 1. The van der Waals surface area contributed by atoms with E-state index in [1.54, 1.807) is 18.2 Å². The normalized spacial score (nSPS) is 15.5. The number of hydrogen-bond acceptors (Lipinski definition) is 4. The first-order chi connectivity index (χ1) is 13.6. The second-order valence-electron chi connectivity index (χ2n) is 6.85. The Hall–Kier alpha value is -2.79. The number of carbonyl (C=O) groups excluding carboxylic acids is 1. The van der Waals surface area contributed by atoms with E-state index in [9.17, 15) is 9.59 Å². The lowest BCUT2D eigenvalue weighted by Gasteiger charge is -2.13. The molecule has 144 valence electrons. The molecule has 1 N–H and O–H groups in total. The van der Waals surface area contributed by atoms with Crippen LogP contribution in [0.4, 0.5) is 0 Å². The van der Waals surface area contributed by atoms with Gasteiger partial charge in [0.1, 0.15) is 11.3 Å². The average molecular weight is 398 g/mol. The van der Waals surface area contributed by atoms with Crippen molar-refractivity contribution >= 4 is 28.5 Å². The molecule has 0 saturated carbocycles. The standard InChI is InChI=1S/C22H20ClNO4/c1-2-3-4-10-27-15-7-5-6-13(11-15)19-18-20(25)16-12-14(23)8-9-17(16)28-21(18)22(26)24-19/h5-9,11-12,19H,2-4,10H2,1H3,(H,24,26). The zero-order chi connectivity index (χ0) is 19.7. The van der Waals surface area contributed by atoms with Gasteiger partial charge in [-0.3, -0.25) is 9.59 Å². The Morgan fingerprint density at radius 3 is 2.82 bits per heavy atom. The highest BCUT2D eigenvalue weighted by atomic mass is 35.5. The molecule has 1 unspecified atom stereocenters. The van der Waals surface area contributed by atoms with Gasteiger partial charge in [-0.15, -0.1) is 0 Å². The topological polar surface area (TPSA) is 68.5 Å². The maximum absolute atomic E-state index is 13.1. The fourth-order valence-electron chi connectivity index (χ4n) is 3.46. The lowest BCUT2D eigenvalue weighted by molar-refractivity contribution is 0.0938. The molecule has 2 heterocycles. The van der Waals surface area contributed by atoms with Crippen LogP contribution in [-0.2, 0) is 0 Å². The van der Waals surface area contributed by atoms with Crippen LogP contribution in [0.3, 0.4) is 0 Å². The molecular formula is C22H20ClNO4. The van der Waals surface area contributed by atoms with Crippen LogP contribution in [-0.4, -0.2) is 12.5 Å². The van der Waals surface area contributed by atoms with Crippen molar-refractivity contribution in [1.82, 2.24) is 5.32 Å². The number of fused-ring (bicyclic) bond motifs is 2. The highest BCUT2D eigenvalue weighted by molar-refractivity contribution is 6.31. The summed E-state index contributed by atoms with van der Waals surface area (Å²) in [5.41, 5.74) is 1.17. The molecule has 1 amide bonds. The molecule has 1 aromatic heterocycles. The molecule has 0 radical (unpaired) electrons. The predicted molar refractivity (Wildman–Crippen MR) is 108 cm³/mol. The lowest BCUT2D eigenvalue weighted by Crippen LogP contribution is -2.22. The third-order valence-electron chi connectivity index (χ3n) is 4.87. The highest BCUT2D eigenvalue weighted by Crippen LogP contribution is 2.32. The van der Waals surface area contributed by atoms with Crippen molar-refractivity contribution in [1.29, 1.82) is 0 Å². The van der Waals surface area contributed by atoms with Crippen LogP contribution in [0, 0.1) is 0 Å². The number of hydrogen-bond donors (Lipinski definition) is 1. The minimum atomic E-state index is -0.582. The summed E-state index contributed by atoms with van der Waals surface area (Å²) in [7, 11) is 0. The predicted octanol–water partition coefficient (Wildman–Crippen LogP) is 4.85. The van der Waals surface area contributed by atoms with Crippen LogP contribution < -0.4 is 15.5 Å². The second kappa shape index (κ2) is 7.68. The molecule has 0 bridgehead atoms. The van der Waals surface area contributed by atoms with E-state index in [0.29, 0.717) is 33.9 Å². The molecule has 0 saturated heterocycles. The van der Waals surface area contributed by atoms with E-state index in [4.69, 9.17) is 20.8 Å². The summed E-state index contributed by atoms with van der Waals surface area (Å²) in [5, 5.41) is 3.65. The molecule has 2 aromatic carbocycles. The van der Waals surface area contributed by atoms with Gasteiger partial charge < -0.3 is 14.5 Å². The van der Waals surface area contributed by atoms with Crippen LogP contribution in [0.25, 0.3) is 11.0 Å². The zero-order valence-electron chi connectivity index (χ0n) is 15.5. The average Bonchev–Trinajstić information content (AvgIpc) is 3.03. The van der Waals surface area contributed by atoms with Gasteiger partial charge >= 0.3 is 0 Å². The van der Waals surface area contributed by atoms with E-state index >= 15 is 0 Å². The fraction of sp³-hybridized carbons (Fsp3) is 0.273. The van der Waals surface area contributed by atoms with Gasteiger partial charge in [-0.25, -0.2) is 0 Å². The van der Waals surface area contributed by atoms with Crippen molar-refractivity contribution in [3.8, 4) is 5.75 Å². The first kappa shape index (κ1) is 18.6. The van der Waals surface area contributed by atoms with Crippen molar-refractivity contribution < 1.29 is 13.9 Å². The molecule has 5 nitrogen and oxygen atoms in total. The van der Waals surface area contributed by atoms with Gasteiger partial charge in [0.05, 0.1) is 23.6 Å². The van der Waals surface area contributed by atoms with E-state index in [1.807, 2.05) is 24.3 Å². The number of nitrogens with one attached hydrogen (secondary N) is 1. The summed E-state index contributed by atoms with van der Waals surface area (Å²) >= 11 is 6.04. The SMILES string of the molecule is CCCCCOc1cccc(C2NC(=O)c3oc4ccc(Cl)cc4c(=O)c32)c1. The van der Waals surface area contributed by atoms with Crippen LogP contribution >= 0.6 is 11.6 Å². The van der Waals surface area contributed by atoms with Gasteiger partial charge in [0.25, 0.3) is 5.91 Å². The number of rotatable bonds is 6. The number of benzene rings is 2. The maximum Gasteiger partial charge on any atom is 0.288 e. The third kappa shape index (κ3) is 3.38. The first-order valence-electron chi connectivity index (χ1n) is 9.38. The van der Waals surface area contributed by atoms with Crippen LogP contribution in [0.5, 0.6) is 5.75 Å². The van der Waals surface area contributed by atoms with Crippen molar-refractivity contribution in [3.05, 3.63) is 74.6 Å². The first-order valence-corrected chi connectivity index (χ1v) is 9.76. The summed E-state index contributed by atoms with van der Waals surface area (Å²) in [5.74, 6) is 0.367. The highest BCUT2D eigenvalue weighted by Gasteiger charge is 2.36. The molecule has 1 atom stereocenters. The molecule has 28 heavy (non-hydrogen) atoms. The third-order valence-corrected chi connectivity index (χ3v) is 5.10. The quantitative estimate of drug-likeness (QED) is 0.604. The largest absolute Gasteiger partial charge is 0.494 e. The number of ether oxygens (including phenoxy) is 1. The monoisotopic (exact) mass is 397 g/mol. The van der Waals surface area contributed by atoms with E-state index in [-0.39, 0.29) is 11.2 Å². The zero-order valence-corrected chi connectivity index (χ0v) is 16.2. The molecule has 3 aromatic rings. The van der Waals surface area contributed by atoms with Gasteiger partial charge in [0.2, 0.25) is 5.76 Å². The van der Waals surface area contributed by atoms with E-state index in [1.165, 1.54) is 0 Å². The second-order valence-corrected chi connectivity index (χ2v) is 7.29. The molecule has 1 aliphatic heterocycles. The van der Waals surface area contributed by atoms with E-state index in [2.05, 4.69) is 12.2 Å². The van der Waals surface area contributed by atoms with Gasteiger partial charge in [-0.1, -0.05) is 43.5 Å². The Morgan fingerprint density at radius 1 is 1.14 bits per heavy atom. The summed E-state index contributed by atoms with van der Waals surface area (Å²) in [4.78, 5) is 25.5. The van der Waals surface area contributed by atoms with Gasteiger partial charge in [-0.2, -0.15) is 0 Å². The fourth-order valence-corrected chi connectivity index (χ4v) is 3.63. The molecular weight excluding hydrogens is 378 g/mol. The molecule has 1 aliphatic rings. The minimum Gasteiger partial charge on any atom is -0.494 e. The molecule has 0 aliphatic carbocycles. The van der Waals surface area contributed by atoms with Crippen LogP contribution in [0.2, 0.25) is 5.02 Å². The van der Waals surface area contributed by atoms with Gasteiger partial charge in [-0.05, 0) is 42.3 Å². The van der Waals surface area contributed by atoms with E-state index in [0.717, 1.165) is 24.8 Å². The number of unbranched alkanes of at least 4 members (excludes halogenated alkanes) is 2. The van der Waals surface area contributed by atoms with Crippen LogP contribution in [0.1, 0.15) is 53.9 Å². The molecule has 0 fully saturated rings. The van der Waals surface area contributed by atoms with Crippen LogP contribution in [0.15, 0.2) is 51.7 Å². The maximum atomic E-state index is 13.1. The van der Waals surface area contributed by atoms with Gasteiger partial charge in [0.15, 0.2) is 5.43 Å². The van der Waals surface area contributed by atoms with E-state index < -0.39 is 11.9 Å². The smallest absolute Gasteiger partial charge is 0.288 e. The number of carbonyl (C=O) groups is 1. The summed E-state index contributed by atoms with van der Waals surface area (Å²) < 4.78 is 11.5. The summed E-state index contributed by atoms with van der Waals surface area (Å²) in [6, 6.07) is 11.7. The molecule has 0 spiro atoms. The lowest BCUT2D eigenvalue weighted by atomic mass is 9.99.